The second kappa shape index (κ2) is 10.1. The highest BCUT2D eigenvalue weighted by atomic mass is 32.2. The van der Waals surface area contributed by atoms with Crippen molar-refractivity contribution in [3.63, 3.8) is 0 Å². The number of benzene rings is 2. The molecule has 0 aromatic heterocycles. The second-order valence-corrected chi connectivity index (χ2v) is 9.69. The minimum atomic E-state index is -3.74. The quantitative estimate of drug-likeness (QED) is 0.712. The first-order valence-corrected chi connectivity index (χ1v) is 11.8. The Balaban J connectivity index is 1.55. The number of nitrogens with zero attached hydrogens (tertiary/aromatic N) is 3. The SMILES string of the molecule is C[C@H](CNC(=O)[C@H](C)N1CCN(S(=O)(=O)c2ccccc2C#N)CC1)c1ccccc1. The van der Waals surface area contributed by atoms with Crippen molar-refractivity contribution in [1.29, 1.82) is 5.26 Å². The summed E-state index contributed by atoms with van der Waals surface area (Å²) in [5.74, 6) is 0.147. The predicted molar refractivity (Wildman–Crippen MR) is 119 cm³/mol. The normalized spacial score (nSPS) is 17.5. The van der Waals surface area contributed by atoms with Gasteiger partial charge in [-0.05, 0) is 30.5 Å². The van der Waals surface area contributed by atoms with Gasteiger partial charge in [-0.25, -0.2) is 8.42 Å². The maximum absolute atomic E-state index is 13.0. The molecular formula is C23H28N4O3S. The zero-order valence-corrected chi connectivity index (χ0v) is 18.7. The third kappa shape index (κ3) is 5.31. The Labute approximate surface area is 184 Å². The fraction of sp³-hybridized carbons (Fsp3) is 0.391. The molecule has 1 amide bonds. The third-order valence-corrected chi connectivity index (χ3v) is 7.73. The lowest BCUT2D eigenvalue weighted by Crippen LogP contribution is -2.55. The van der Waals surface area contributed by atoms with Gasteiger partial charge in [0.15, 0.2) is 0 Å². The lowest BCUT2D eigenvalue weighted by Gasteiger charge is -2.36. The lowest BCUT2D eigenvalue weighted by atomic mass is 10.0. The number of hydrogen-bond acceptors (Lipinski definition) is 5. The van der Waals surface area contributed by atoms with E-state index in [-0.39, 0.29) is 41.4 Å². The van der Waals surface area contributed by atoms with Crippen LogP contribution in [0.4, 0.5) is 0 Å². The van der Waals surface area contributed by atoms with Crippen molar-refractivity contribution in [3.8, 4) is 6.07 Å². The van der Waals surface area contributed by atoms with E-state index in [0.717, 1.165) is 0 Å². The number of amides is 1. The zero-order chi connectivity index (χ0) is 22.4. The van der Waals surface area contributed by atoms with Gasteiger partial charge in [0.05, 0.1) is 16.5 Å². The monoisotopic (exact) mass is 440 g/mol. The van der Waals surface area contributed by atoms with E-state index in [1.807, 2.05) is 48.2 Å². The van der Waals surface area contributed by atoms with Crippen LogP contribution in [0.1, 0.15) is 30.9 Å². The summed E-state index contributed by atoms with van der Waals surface area (Å²) < 4.78 is 27.3. The maximum atomic E-state index is 13.0. The number of carbonyl (C=O) groups excluding carboxylic acids is 1. The van der Waals surface area contributed by atoms with E-state index < -0.39 is 10.0 Å². The zero-order valence-electron chi connectivity index (χ0n) is 17.9. The molecule has 0 radical (unpaired) electrons. The molecule has 2 aromatic rings. The Hall–Kier alpha value is -2.73. The number of nitrogens with one attached hydrogen (secondary N) is 1. The van der Waals surface area contributed by atoms with Crippen LogP contribution < -0.4 is 5.32 Å². The summed E-state index contributed by atoms with van der Waals surface area (Å²) in [5.41, 5.74) is 1.32. The van der Waals surface area contributed by atoms with Gasteiger partial charge in [-0.2, -0.15) is 9.57 Å². The molecule has 1 N–H and O–H groups in total. The molecule has 1 fully saturated rings. The van der Waals surface area contributed by atoms with Gasteiger partial charge >= 0.3 is 0 Å². The number of nitriles is 1. The van der Waals surface area contributed by atoms with Crippen molar-refractivity contribution in [3.05, 3.63) is 65.7 Å². The van der Waals surface area contributed by atoms with E-state index in [1.165, 1.54) is 22.0 Å². The van der Waals surface area contributed by atoms with Gasteiger partial charge in [0.25, 0.3) is 0 Å². The molecule has 1 heterocycles. The minimum Gasteiger partial charge on any atom is -0.354 e. The predicted octanol–water partition coefficient (Wildman–Crippen LogP) is 2.17. The largest absolute Gasteiger partial charge is 0.354 e. The van der Waals surface area contributed by atoms with Crippen LogP contribution >= 0.6 is 0 Å². The van der Waals surface area contributed by atoms with Crippen LogP contribution in [0.5, 0.6) is 0 Å². The molecule has 0 aliphatic carbocycles. The first-order chi connectivity index (χ1) is 14.8. The van der Waals surface area contributed by atoms with Crippen molar-refractivity contribution in [2.45, 2.75) is 30.7 Å². The highest BCUT2D eigenvalue weighted by Crippen LogP contribution is 2.21. The van der Waals surface area contributed by atoms with Gasteiger partial charge < -0.3 is 5.32 Å². The molecule has 1 aliphatic rings. The van der Waals surface area contributed by atoms with Crippen LogP contribution in [0.15, 0.2) is 59.5 Å². The smallest absolute Gasteiger partial charge is 0.244 e. The Morgan fingerprint density at radius 2 is 1.65 bits per heavy atom. The number of piperazine rings is 1. The fourth-order valence-electron chi connectivity index (χ4n) is 3.72. The average molecular weight is 441 g/mol. The first-order valence-electron chi connectivity index (χ1n) is 10.4. The molecule has 31 heavy (non-hydrogen) atoms. The maximum Gasteiger partial charge on any atom is 0.244 e. The van der Waals surface area contributed by atoms with Gasteiger partial charge in [0, 0.05) is 32.7 Å². The second-order valence-electron chi connectivity index (χ2n) is 7.78. The van der Waals surface area contributed by atoms with E-state index in [0.29, 0.717) is 19.6 Å². The first kappa shape index (κ1) is 22.9. The fourth-order valence-corrected chi connectivity index (χ4v) is 5.29. The molecular weight excluding hydrogens is 412 g/mol. The molecule has 164 valence electrons. The summed E-state index contributed by atoms with van der Waals surface area (Å²) in [5, 5.41) is 12.2. The molecule has 1 aliphatic heterocycles. The van der Waals surface area contributed by atoms with E-state index in [2.05, 4.69) is 12.2 Å². The van der Waals surface area contributed by atoms with Gasteiger partial charge in [-0.1, -0.05) is 49.4 Å². The van der Waals surface area contributed by atoms with Crippen LogP contribution in [-0.4, -0.2) is 62.3 Å². The molecule has 1 saturated heterocycles. The third-order valence-electron chi connectivity index (χ3n) is 5.78. The highest BCUT2D eigenvalue weighted by molar-refractivity contribution is 7.89. The molecule has 0 saturated carbocycles. The molecule has 0 spiro atoms. The Kier molecular flexibility index (Phi) is 7.44. The Bertz CT molecular complexity index is 1040. The van der Waals surface area contributed by atoms with Crippen molar-refractivity contribution >= 4 is 15.9 Å². The molecule has 2 aromatic carbocycles. The Morgan fingerprint density at radius 3 is 2.29 bits per heavy atom. The number of rotatable bonds is 7. The minimum absolute atomic E-state index is 0.0339. The molecule has 7 nitrogen and oxygen atoms in total. The average Bonchev–Trinajstić information content (AvgIpc) is 2.82. The summed E-state index contributed by atoms with van der Waals surface area (Å²) in [4.78, 5) is 14.7. The van der Waals surface area contributed by atoms with Crippen molar-refractivity contribution < 1.29 is 13.2 Å². The van der Waals surface area contributed by atoms with Gasteiger partial charge in [-0.3, -0.25) is 9.69 Å². The summed E-state index contributed by atoms with van der Waals surface area (Å²) in [6, 6.07) is 17.9. The van der Waals surface area contributed by atoms with E-state index in [9.17, 15) is 18.5 Å². The van der Waals surface area contributed by atoms with Gasteiger partial charge in [0.2, 0.25) is 15.9 Å². The van der Waals surface area contributed by atoms with E-state index in [4.69, 9.17) is 0 Å². The molecule has 3 rings (SSSR count). The van der Waals surface area contributed by atoms with Gasteiger partial charge in [-0.15, -0.1) is 0 Å². The summed E-state index contributed by atoms with van der Waals surface area (Å²) in [6.07, 6.45) is 0. The Morgan fingerprint density at radius 1 is 1.03 bits per heavy atom. The summed E-state index contributed by atoms with van der Waals surface area (Å²) in [7, 11) is -3.74. The molecule has 0 bridgehead atoms. The number of sulfonamides is 1. The van der Waals surface area contributed by atoms with Crippen molar-refractivity contribution in [2.24, 2.45) is 0 Å². The molecule has 8 heteroatoms. The van der Waals surface area contributed by atoms with Crippen LogP contribution in [0, 0.1) is 11.3 Å². The lowest BCUT2D eigenvalue weighted by molar-refractivity contribution is -0.126. The highest BCUT2D eigenvalue weighted by Gasteiger charge is 2.32. The number of carbonyl (C=O) groups is 1. The standard InChI is InChI=1S/C23H28N4O3S/c1-18(20-8-4-3-5-9-20)17-25-23(28)19(2)26-12-14-27(15-13-26)31(29,30)22-11-7-6-10-21(22)16-24/h3-11,18-19H,12-15,17H2,1-2H3,(H,25,28)/t18-,19+/m1/s1. The summed E-state index contributed by atoms with van der Waals surface area (Å²) >= 11 is 0. The van der Waals surface area contributed by atoms with Gasteiger partial charge in [0.1, 0.15) is 6.07 Å². The molecule has 2 atom stereocenters. The van der Waals surface area contributed by atoms with Crippen LogP contribution in [0.2, 0.25) is 0 Å². The van der Waals surface area contributed by atoms with Crippen LogP contribution in [0.25, 0.3) is 0 Å². The van der Waals surface area contributed by atoms with E-state index >= 15 is 0 Å². The van der Waals surface area contributed by atoms with Crippen molar-refractivity contribution in [2.75, 3.05) is 32.7 Å². The van der Waals surface area contributed by atoms with Crippen molar-refractivity contribution in [1.82, 2.24) is 14.5 Å². The van der Waals surface area contributed by atoms with Crippen LogP contribution in [-0.2, 0) is 14.8 Å². The topological polar surface area (TPSA) is 93.5 Å². The number of hydrogen-bond donors (Lipinski definition) is 1. The van der Waals surface area contributed by atoms with E-state index in [1.54, 1.807) is 12.1 Å². The van der Waals surface area contributed by atoms with Crippen LogP contribution in [0.3, 0.4) is 0 Å². The summed E-state index contributed by atoms with van der Waals surface area (Å²) in [6.45, 7) is 5.93. The molecule has 0 unspecified atom stereocenters.